The molecule has 3 atom stereocenters. The highest BCUT2D eigenvalue weighted by atomic mass is 35.5. The molecule has 1 aliphatic rings. The molecule has 4 aromatic rings. The Balaban J connectivity index is 1.75. The summed E-state index contributed by atoms with van der Waals surface area (Å²) in [5.74, 6) is 1.87. The van der Waals surface area contributed by atoms with Gasteiger partial charge >= 0.3 is 0 Å². The first-order valence-corrected chi connectivity index (χ1v) is 9.75. The highest BCUT2D eigenvalue weighted by Gasteiger charge is 2.35. The molecule has 0 radical (unpaired) electrons. The number of aromatic nitrogens is 5. The Labute approximate surface area is 165 Å². The van der Waals surface area contributed by atoms with E-state index in [4.69, 9.17) is 21.1 Å². The molecule has 1 saturated carbocycles. The van der Waals surface area contributed by atoms with Crippen molar-refractivity contribution in [3.8, 4) is 0 Å². The standard InChI is InChI=1S/C20H19ClFN5O/c1-10-5-13(7-15(10)22)27-19(8-18-24-11(2)28-26-18)25-17-9-23-16-4-3-12(21)6-14(16)20(17)27/h3-4,6,9-10,13,15H,5,7-8H2,1-2H3/t10-,13?,15+/m1/s1. The predicted octanol–water partition coefficient (Wildman–Crippen LogP) is 4.83. The lowest BCUT2D eigenvalue weighted by molar-refractivity contribution is 0.275. The molecule has 1 aliphatic carbocycles. The fourth-order valence-corrected chi connectivity index (χ4v) is 4.42. The van der Waals surface area contributed by atoms with Gasteiger partial charge in [-0.1, -0.05) is 23.7 Å². The quantitative estimate of drug-likeness (QED) is 0.493. The van der Waals surface area contributed by atoms with Crippen LogP contribution < -0.4 is 0 Å². The smallest absolute Gasteiger partial charge is 0.223 e. The molecule has 0 N–H and O–H groups in total. The normalized spacial score (nSPS) is 22.5. The minimum absolute atomic E-state index is 0.0133. The summed E-state index contributed by atoms with van der Waals surface area (Å²) in [7, 11) is 0. The fourth-order valence-electron chi connectivity index (χ4n) is 4.25. The Morgan fingerprint density at radius 3 is 2.82 bits per heavy atom. The van der Waals surface area contributed by atoms with Crippen LogP contribution in [0.25, 0.3) is 21.9 Å². The van der Waals surface area contributed by atoms with Crippen LogP contribution in [-0.2, 0) is 6.42 Å². The summed E-state index contributed by atoms with van der Waals surface area (Å²) >= 11 is 6.27. The summed E-state index contributed by atoms with van der Waals surface area (Å²) in [4.78, 5) is 13.6. The summed E-state index contributed by atoms with van der Waals surface area (Å²) in [6, 6.07) is 5.63. The van der Waals surface area contributed by atoms with E-state index >= 15 is 0 Å². The van der Waals surface area contributed by atoms with E-state index in [1.807, 2.05) is 25.1 Å². The third kappa shape index (κ3) is 2.85. The molecule has 1 fully saturated rings. The van der Waals surface area contributed by atoms with Crippen molar-refractivity contribution in [3.05, 3.63) is 47.0 Å². The first-order chi connectivity index (χ1) is 13.5. The number of aryl methyl sites for hydroxylation is 1. The summed E-state index contributed by atoms with van der Waals surface area (Å²) in [6.07, 6.45) is 2.58. The lowest BCUT2D eigenvalue weighted by atomic mass is 10.1. The van der Waals surface area contributed by atoms with Gasteiger partial charge in [-0.25, -0.2) is 9.37 Å². The largest absolute Gasteiger partial charge is 0.340 e. The molecule has 3 heterocycles. The summed E-state index contributed by atoms with van der Waals surface area (Å²) in [6.45, 7) is 3.72. The fraction of sp³-hybridized carbons (Fsp3) is 0.400. The Kier molecular flexibility index (Phi) is 4.08. The number of fused-ring (bicyclic) bond motifs is 3. The SMILES string of the molecule is Cc1nc(Cc2nc3cnc4ccc(Cl)cc4c3n2C2C[C@@H](C)[C@@H](F)C2)no1. The Bertz CT molecular complexity index is 1180. The highest BCUT2D eigenvalue weighted by Crippen LogP contribution is 2.40. The van der Waals surface area contributed by atoms with Gasteiger partial charge in [0.15, 0.2) is 5.82 Å². The number of pyridine rings is 1. The van der Waals surface area contributed by atoms with E-state index in [0.717, 1.165) is 34.2 Å². The van der Waals surface area contributed by atoms with E-state index in [0.29, 0.717) is 29.6 Å². The van der Waals surface area contributed by atoms with Crippen LogP contribution in [0.5, 0.6) is 0 Å². The topological polar surface area (TPSA) is 69.6 Å². The predicted molar refractivity (Wildman–Crippen MR) is 104 cm³/mol. The molecule has 0 saturated heterocycles. The zero-order valence-corrected chi connectivity index (χ0v) is 16.3. The van der Waals surface area contributed by atoms with Crippen molar-refractivity contribution < 1.29 is 8.91 Å². The second-order valence-electron chi connectivity index (χ2n) is 7.58. The second kappa shape index (κ2) is 6.51. The summed E-state index contributed by atoms with van der Waals surface area (Å²) in [5, 5.41) is 5.56. The number of rotatable bonds is 3. The van der Waals surface area contributed by atoms with Gasteiger partial charge in [-0.05, 0) is 37.0 Å². The maximum absolute atomic E-state index is 14.4. The average Bonchev–Trinajstić information content (AvgIpc) is 3.32. The molecule has 8 heteroatoms. The maximum Gasteiger partial charge on any atom is 0.223 e. The molecule has 5 rings (SSSR count). The number of imidazole rings is 1. The van der Waals surface area contributed by atoms with Crippen LogP contribution in [0.2, 0.25) is 5.02 Å². The van der Waals surface area contributed by atoms with E-state index in [2.05, 4.69) is 19.7 Å². The molecule has 0 bridgehead atoms. The molecule has 6 nitrogen and oxygen atoms in total. The molecule has 1 unspecified atom stereocenters. The van der Waals surface area contributed by atoms with Gasteiger partial charge in [-0.3, -0.25) is 4.98 Å². The van der Waals surface area contributed by atoms with Crippen molar-refractivity contribution in [1.29, 1.82) is 0 Å². The van der Waals surface area contributed by atoms with Crippen LogP contribution in [0, 0.1) is 12.8 Å². The van der Waals surface area contributed by atoms with Crippen molar-refractivity contribution in [2.24, 2.45) is 5.92 Å². The van der Waals surface area contributed by atoms with E-state index in [9.17, 15) is 4.39 Å². The molecular formula is C20H19ClFN5O. The Morgan fingerprint density at radius 2 is 2.11 bits per heavy atom. The molecule has 28 heavy (non-hydrogen) atoms. The molecule has 0 aliphatic heterocycles. The third-order valence-electron chi connectivity index (χ3n) is 5.56. The molecule has 1 aromatic carbocycles. The van der Waals surface area contributed by atoms with Gasteiger partial charge in [0.05, 0.1) is 23.7 Å². The number of hydrogen-bond donors (Lipinski definition) is 0. The maximum atomic E-state index is 14.4. The molecule has 0 spiro atoms. The zero-order chi connectivity index (χ0) is 19.4. The van der Waals surface area contributed by atoms with Crippen LogP contribution >= 0.6 is 11.6 Å². The Hall–Kier alpha value is -2.54. The molecular weight excluding hydrogens is 381 g/mol. The van der Waals surface area contributed by atoms with Crippen molar-refractivity contribution >= 4 is 33.5 Å². The van der Waals surface area contributed by atoms with Gasteiger partial charge in [-0.2, -0.15) is 4.98 Å². The zero-order valence-electron chi connectivity index (χ0n) is 15.6. The number of hydrogen-bond acceptors (Lipinski definition) is 5. The van der Waals surface area contributed by atoms with Gasteiger partial charge < -0.3 is 9.09 Å². The van der Waals surface area contributed by atoms with Crippen LogP contribution in [0.4, 0.5) is 4.39 Å². The third-order valence-corrected chi connectivity index (χ3v) is 5.80. The molecule has 144 valence electrons. The number of nitrogens with zero attached hydrogens (tertiary/aromatic N) is 5. The summed E-state index contributed by atoms with van der Waals surface area (Å²) in [5.41, 5.74) is 2.54. The van der Waals surface area contributed by atoms with E-state index < -0.39 is 6.17 Å². The molecule has 0 amide bonds. The van der Waals surface area contributed by atoms with Crippen LogP contribution in [-0.4, -0.2) is 30.8 Å². The van der Waals surface area contributed by atoms with E-state index in [1.54, 1.807) is 13.1 Å². The van der Waals surface area contributed by atoms with Gasteiger partial charge in [0, 0.05) is 23.4 Å². The van der Waals surface area contributed by atoms with Crippen LogP contribution in [0.15, 0.2) is 28.9 Å². The number of halogens is 2. The minimum atomic E-state index is -0.820. The number of alkyl halides is 1. The van der Waals surface area contributed by atoms with Crippen molar-refractivity contribution in [2.75, 3.05) is 0 Å². The van der Waals surface area contributed by atoms with E-state index in [1.165, 1.54) is 0 Å². The van der Waals surface area contributed by atoms with Crippen molar-refractivity contribution in [1.82, 2.24) is 24.7 Å². The van der Waals surface area contributed by atoms with Crippen molar-refractivity contribution in [3.63, 3.8) is 0 Å². The van der Waals surface area contributed by atoms with Crippen LogP contribution in [0.1, 0.15) is 43.3 Å². The lowest BCUT2D eigenvalue weighted by Crippen LogP contribution is -2.11. The van der Waals surface area contributed by atoms with Crippen LogP contribution in [0.3, 0.4) is 0 Å². The highest BCUT2D eigenvalue weighted by molar-refractivity contribution is 6.31. The van der Waals surface area contributed by atoms with Gasteiger partial charge in [-0.15, -0.1) is 0 Å². The second-order valence-corrected chi connectivity index (χ2v) is 8.01. The van der Waals surface area contributed by atoms with Gasteiger partial charge in [0.2, 0.25) is 5.89 Å². The van der Waals surface area contributed by atoms with Crippen molar-refractivity contribution in [2.45, 2.75) is 45.3 Å². The average molecular weight is 400 g/mol. The van der Waals surface area contributed by atoms with Gasteiger partial charge in [0.25, 0.3) is 0 Å². The minimum Gasteiger partial charge on any atom is -0.340 e. The number of benzene rings is 1. The summed E-state index contributed by atoms with van der Waals surface area (Å²) < 4.78 is 21.7. The monoisotopic (exact) mass is 399 g/mol. The first kappa shape index (κ1) is 17.6. The lowest BCUT2D eigenvalue weighted by Gasteiger charge is -2.17. The molecule has 3 aromatic heterocycles. The van der Waals surface area contributed by atoms with E-state index in [-0.39, 0.29) is 12.0 Å². The first-order valence-electron chi connectivity index (χ1n) is 9.38. The Morgan fingerprint density at radius 1 is 1.25 bits per heavy atom. The van der Waals surface area contributed by atoms with Gasteiger partial charge in [0.1, 0.15) is 17.5 Å².